The zero-order valence-corrected chi connectivity index (χ0v) is 14.1. The van der Waals surface area contributed by atoms with Gasteiger partial charge < -0.3 is 19.1 Å². The Labute approximate surface area is 150 Å². The number of aromatic nitrogens is 1. The third-order valence-corrected chi connectivity index (χ3v) is 4.41. The van der Waals surface area contributed by atoms with Crippen molar-refractivity contribution in [3.63, 3.8) is 0 Å². The van der Waals surface area contributed by atoms with Crippen LogP contribution in [-0.4, -0.2) is 34.7 Å². The quantitative estimate of drug-likeness (QED) is 0.765. The molecule has 1 saturated heterocycles. The summed E-state index contributed by atoms with van der Waals surface area (Å²) >= 11 is 0. The number of rotatable bonds is 5. The van der Waals surface area contributed by atoms with Crippen LogP contribution in [0, 0.1) is 0 Å². The van der Waals surface area contributed by atoms with E-state index >= 15 is 0 Å². The first-order chi connectivity index (χ1) is 12.7. The summed E-state index contributed by atoms with van der Waals surface area (Å²) in [6.45, 7) is 0.864. The number of cyclic esters (lactones) is 1. The van der Waals surface area contributed by atoms with Gasteiger partial charge in [-0.1, -0.05) is 18.2 Å². The minimum Gasteiger partial charge on any atom is -0.454 e. The lowest BCUT2D eigenvalue weighted by atomic mass is 10.1. The first kappa shape index (κ1) is 16.4. The fourth-order valence-corrected chi connectivity index (χ4v) is 3.15. The Kier molecular flexibility index (Phi) is 4.43. The number of carbonyl (C=O) groups excluding carboxylic acids is 2. The SMILES string of the molecule is O=C1CCC(C(=O)N(Cc2cccnc2)Cc2cccc3c2OCO3)O1. The van der Waals surface area contributed by atoms with Crippen molar-refractivity contribution in [2.45, 2.75) is 32.0 Å². The number of ether oxygens (including phenoxy) is 3. The number of amides is 1. The number of esters is 1. The number of fused-ring (bicyclic) bond motifs is 1. The smallest absolute Gasteiger partial charge is 0.306 e. The topological polar surface area (TPSA) is 78.0 Å². The fraction of sp³-hybridized carbons (Fsp3) is 0.316. The predicted octanol–water partition coefficient (Wildman–Crippen LogP) is 2.04. The van der Waals surface area contributed by atoms with Crippen LogP contribution in [0.1, 0.15) is 24.0 Å². The molecule has 1 unspecified atom stereocenters. The highest BCUT2D eigenvalue weighted by Crippen LogP contribution is 2.36. The minimum atomic E-state index is -0.729. The van der Waals surface area contributed by atoms with Crippen molar-refractivity contribution in [3.8, 4) is 11.5 Å². The van der Waals surface area contributed by atoms with Crippen molar-refractivity contribution < 1.29 is 23.8 Å². The summed E-state index contributed by atoms with van der Waals surface area (Å²) in [5, 5.41) is 0. The van der Waals surface area contributed by atoms with E-state index in [1.165, 1.54) is 0 Å². The molecule has 7 heteroatoms. The second-order valence-corrected chi connectivity index (χ2v) is 6.22. The maximum absolute atomic E-state index is 13.0. The molecule has 0 saturated carbocycles. The van der Waals surface area contributed by atoms with Gasteiger partial charge in [-0.05, 0) is 17.7 Å². The highest BCUT2D eigenvalue weighted by Gasteiger charge is 2.34. The van der Waals surface area contributed by atoms with E-state index in [9.17, 15) is 9.59 Å². The van der Waals surface area contributed by atoms with Gasteiger partial charge in [-0.2, -0.15) is 0 Å². The molecule has 3 heterocycles. The number of benzene rings is 1. The third kappa shape index (κ3) is 3.33. The van der Waals surface area contributed by atoms with Gasteiger partial charge in [0.1, 0.15) is 0 Å². The second kappa shape index (κ2) is 7.03. The van der Waals surface area contributed by atoms with Crippen molar-refractivity contribution in [1.29, 1.82) is 0 Å². The van der Waals surface area contributed by atoms with Gasteiger partial charge in [-0.15, -0.1) is 0 Å². The lowest BCUT2D eigenvalue weighted by Gasteiger charge is -2.25. The number of carbonyl (C=O) groups is 2. The standard InChI is InChI=1S/C19H18N2O5/c22-17-7-6-16(26-17)19(23)21(10-13-3-2-8-20-9-13)11-14-4-1-5-15-18(14)25-12-24-15/h1-5,8-9,16H,6-7,10-12H2. The largest absolute Gasteiger partial charge is 0.454 e. The predicted molar refractivity (Wildman–Crippen MR) is 90.2 cm³/mol. The van der Waals surface area contributed by atoms with Gasteiger partial charge in [-0.3, -0.25) is 14.6 Å². The molecule has 0 spiro atoms. The van der Waals surface area contributed by atoms with Crippen LogP contribution in [0.25, 0.3) is 0 Å². The van der Waals surface area contributed by atoms with Gasteiger partial charge in [0.15, 0.2) is 17.6 Å². The van der Waals surface area contributed by atoms with Crippen molar-refractivity contribution in [2.75, 3.05) is 6.79 Å². The Morgan fingerprint density at radius 2 is 2.12 bits per heavy atom. The maximum Gasteiger partial charge on any atom is 0.306 e. The molecule has 1 amide bonds. The Morgan fingerprint density at radius 1 is 1.19 bits per heavy atom. The van der Waals surface area contributed by atoms with Crippen molar-refractivity contribution in [2.24, 2.45) is 0 Å². The molecule has 0 bridgehead atoms. The molecule has 134 valence electrons. The zero-order chi connectivity index (χ0) is 17.9. The van der Waals surface area contributed by atoms with Crippen molar-refractivity contribution in [1.82, 2.24) is 9.88 Å². The van der Waals surface area contributed by atoms with Crippen LogP contribution < -0.4 is 9.47 Å². The Balaban J connectivity index is 1.59. The number of nitrogens with zero attached hydrogens (tertiary/aromatic N) is 2. The van der Waals surface area contributed by atoms with Gasteiger partial charge in [0.25, 0.3) is 5.91 Å². The van der Waals surface area contributed by atoms with E-state index in [1.54, 1.807) is 17.3 Å². The van der Waals surface area contributed by atoms with E-state index in [-0.39, 0.29) is 25.1 Å². The average Bonchev–Trinajstić information content (AvgIpc) is 3.31. The van der Waals surface area contributed by atoms with Gasteiger partial charge >= 0.3 is 5.97 Å². The van der Waals surface area contributed by atoms with E-state index < -0.39 is 6.10 Å². The summed E-state index contributed by atoms with van der Waals surface area (Å²) in [5.74, 6) is 0.779. The van der Waals surface area contributed by atoms with Crippen LogP contribution in [0.3, 0.4) is 0 Å². The Bertz CT molecular complexity index is 824. The normalized spacial score (nSPS) is 17.8. The van der Waals surface area contributed by atoms with Crippen molar-refractivity contribution in [3.05, 3.63) is 53.9 Å². The molecule has 0 N–H and O–H groups in total. The first-order valence-electron chi connectivity index (χ1n) is 8.45. The van der Waals surface area contributed by atoms with Gasteiger partial charge in [-0.25, -0.2) is 0 Å². The molecule has 1 atom stereocenters. The van der Waals surface area contributed by atoms with E-state index in [1.807, 2.05) is 30.3 Å². The maximum atomic E-state index is 13.0. The van der Waals surface area contributed by atoms with Gasteiger partial charge in [0, 0.05) is 43.9 Å². The molecule has 2 aliphatic rings. The van der Waals surface area contributed by atoms with Crippen LogP contribution in [0.2, 0.25) is 0 Å². The second-order valence-electron chi connectivity index (χ2n) is 6.22. The van der Waals surface area contributed by atoms with Crippen molar-refractivity contribution >= 4 is 11.9 Å². The van der Waals surface area contributed by atoms with Crippen LogP contribution in [-0.2, 0) is 27.4 Å². The Hall–Kier alpha value is -3.09. The Morgan fingerprint density at radius 3 is 2.88 bits per heavy atom. The lowest BCUT2D eigenvalue weighted by molar-refractivity contribution is -0.153. The van der Waals surface area contributed by atoms with E-state index in [0.717, 1.165) is 11.1 Å². The number of para-hydroxylation sites is 1. The van der Waals surface area contributed by atoms with E-state index in [0.29, 0.717) is 31.0 Å². The number of pyridine rings is 1. The van der Waals surface area contributed by atoms with Crippen LogP contribution in [0.5, 0.6) is 11.5 Å². The molecule has 0 aliphatic carbocycles. The van der Waals surface area contributed by atoms with Crippen LogP contribution in [0.15, 0.2) is 42.7 Å². The summed E-state index contributed by atoms with van der Waals surface area (Å²) in [6, 6.07) is 9.33. The summed E-state index contributed by atoms with van der Waals surface area (Å²) < 4.78 is 16.1. The molecule has 1 fully saturated rings. The highest BCUT2D eigenvalue weighted by molar-refractivity contribution is 5.86. The molecule has 26 heavy (non-hydrogen) atoms. The molecular formula is C19H18N2O5. The number of hydrogen-bond donors (Lipinski definition) is 0. The van der Waals surface area contributed by atoms with Gasteiger partial charge in [0.2, 0.25) is 6.79 Å². The minimum absolute atomic E-state index is 0.170. The monoisotopic (exact) mass is 354 g/mol. The molecule has 0 radical (unpaired) electrons. The van der Waals surface area contributed by atoms with Crippen LogP contribution in [0.4, 0.5) is 0 Å². The average molecular weight is 354 g/mol. The first-order valence-corrected chi connectivity index (χ1v) is 8.45. The number of hydrogen-bond acceptors (Lipinski definition) is 6. The molecule has 2 aromatic rings. The molecule has 7 nitrogen and oxygen atoms in total. The fourth-order valence-electron chi connectivity index (χ4n) is 3.15. The van der Waals surface area contributed by atoms with E-state index in [2.05, 4.69) is 4.98 Å². The summed E-state index contributed by atoms with van der Waals surface area (Å²) in [7, 11) is 0. The highest BCUT2D eigenvalue weighted by atomic mass is 16.7. The molecular weight excluding hydrogens is 336 g/mol. The molecule has 1 aromatic carbocycles. The third-order valence-electron chi connectivity index (χ3n) is 4.41. The summed E-state index contributed by atoms with van der Waals surface area (Å²) in [6.07, 6.45) is 3.36. The zero-order valence-electron chi connectivity index (χ0n) is 14.1. The molecule has 2 aliphatic heterocycles. The van der Waals surface area contributed by atoms with Crippen LogP contribution >= 0.6 is 0 Å². The van der Waals surface area contributed by atoms with E-state index in [4.69, 9.17) is 14.2 Å². The summed E-state index contributed by atoms with van der Waals surface area (Å²) in [5.41, 5.74) is 1.75. The molecule has 4 rings (SSSR count). The lowest BCUT2D eigenvalue weighted by Crippen LogP contribution is -2.38. The molecule has 1 aromatic heterocycles. The summed E-state index contributed by atoms with van der Waals surface area (Å²) in [4.78, 5) is 30.1. The van der Waals surface area contributed by atoms with Gasteiger partial charge in [0.05, 0.1) is 0 Å².